The fourth-order valence-electron chi connectivity index (χ4n) is 0.476. The lowest BCUT2D eigenvalue weighted by atomic mass is 10.2. The van der Waals surface area contributed by atoms with Crippen molar-refractivity contribution in [3.63, 3.8) is 0 Å². The maximum absolute atomic E-state index is 12.3. The Bertz CT molecular complexity index is 159. The normalized spacial score (nSPS) is 11.8. The summed E-state index contributed by atoms with van der Waals surface area (Å²) in [6.45, 7) is 1.16. The molecule has 0 aliphatic heterocycles. The molecular formula is C7H13F2NO2. The van der Waals surface area contributed by atoms with Crippen molar-refractivity contribution in [3.05, 3.63) is 0 Å². The average molecular weight is 181 g/mol. The SMILES string of the molecule is CC(C)C(=O)NCC(F)(F)CO. The van der Waals surface area contributed by atoms with Crippen molar-refractivity contribution in [2.75, 3.05) is 13.2 Å². The summed E-state index contributed by atoms with van der Waals surface area (Å²) < 4.78 is 24.6. The molecule has 0 aromatic carbocycles. The second-order valence-corrected chi connectivity index (χ2v) is 2.89. The lowest BCUT2D eigenvalue weighted by molar-refractivity contribution is -0.126. The second kappa shape index (κ2) is 4.35. The molecule has 0 fully saturated rings. The van der Waals surface area contributed by atoms with Crippen molar-refractivity contribution in [1.29, 1.82) is 0 Å². The summed E-state index contributed by atoms with van der Waals surface area (Å²) in [7, 11) is 0. The highest BCUT2D eigenvalue weighted by Crippen LogP contribution is 2.09. The zero-order valence-electron chi connectivity index (χ0n) is 7.10. The molecule has 0 aliphatic carbocycles. The molecule has 0 spiro atoms. The molecule has 0 bridgehead atoms. The van der Waals surface area contributed by atoms with Crippen LogP contribution in [0.5, 0.6) is 0 Å². The van der Waals surface area contributed by atoms with Gasteiger partial charge in [0.05, 0.1) is 6.54 Å². The lowest BCUT2D eigenvalue weighted by Gasteiger charge is -2.14. The van der Waals surface area contributed by atoms with E-state index >= 15 is 0 Å². The van der Waals surface area contributed by atoms with E-state index in [1.165, 1.54) is 0 Å². The van der Waals surface area contributed by atoms with Crippen LogP contribution < -0.4 is 5.32 Å². The van der Waals surface area contributed by atoms with E-state index in [0.717, 1.165) is 0 Å². The van der Waals surface area contributed by atoms with Crippen molar-refractivity contribution in [1.82, 2.24) is 5.32 Å². The minimum absolute atomic E-state index is 0.320. The van der Waals surface area contributed by atoms with Crippen molar-refractivity contribution >= 4 is 5.91 Å². The lowest BCUT2D eigenvalue weighted by Crippen LogP contribution is -2.40. The van der Waals surface area contributed by atoms with Gasteiger partial charge in [-0.05, 0) is 0 Å². The van der Waals surface area contributed by atoms with Gasteiger partial charge in [-0.2, -0.15) is 0 Å². The van der Waals surface area contributed by atoms with Crippen LogP contribution in [0.25, 0.3) is 0 Å². The van der Waals surface area contributed by atoms with Crippen LogP contribution in [0.4, 0.5) is 8.78 Å². The zero-order chi connectivity index (χ0) is 9.78. The molecule has 0 atom stereocenters. The molecule has 0 saturated heterocycles. The van der Waals surface area contributed by atoms with Crippen LogP contribution in [0, 0.1) is 5.92 Å². The van der Waals surface area contributed by atoms with E-state index in [4.69, 9.17) is 5.11 Å². The predicted octanol–water partition coefficient (Wildman–Crippen LogP) is 0.386. The zero-order valence-corrected chi connectivity index (χ0v) is 7.10. The van der Waals surface area contributed by atoms with Gasteiger partial charge in [0.15, 0.2) is 0 Å². The molecule has 0 saturated carbocycles. The summed E-state index contributed by atoms with van der Waals surface area (Å²) >= 11 is 0. The highest BCUT2D eigenvalue weighted by atomic mass is 19.3. The number of aliphatic hydroxyl groups is 1. The number of rotatable bonds is 4. The van der Waals surface area contributed by atoms with Gasteiger partial charge >= 0.3 is 0 Å². The first-order chi connectivity index (χ1) is 5.39. The van der Waals surface area contributed by atoms with Crippen molar-refractivity contribution in [3.8, 4) is 0 Å². The number of halogens is 2. The van der Waals surface area contributed by atoms with Crippen LogP contribution in [-0.2, 0) is 4.79 Å². The van der Waals surface area contributed by atoms with Gasteiger partial charge in [-0.25, -0.2) is 8.78 Å². The Balaban J connectivity index is 3.76. The molecule has 12 heavy (non-hydrogen) atoms. The number of nitrogens with one attached hydrogen (secondary N) is 1. The predicted molar refractivity (Wildman–Crippen MR) is 39.9 cm³/mol. The molecule has 0 unspecified atom stereocenters. The third kappa shape index (κ3) is 4.23. The largest absolute Gasteiger partial charge is 0.390 e. The molecule has 0 radical (unpaired) electrons. The monoisotopic (exact) mass is 181 g/mol. The number of hydrogen-bond donors (Lipinski definition) is 2. The Labute approximate surface area is 69.8 Å². The molecular weight excluding hydrogens is 168 g/mol. The first kappa shape index (κ1) is 11.3. The average Bonchev–Trinajstić information content (AvgIpc) is 2.00. The van der Waals surface area contributed by atoms with Gasteiger partial charge in [0, 0.05) is 5.92 Å². The molecule has 0 heterocycles. The van der Waals surface area contributed by atoms with E-state index in [9.17, 15) is 13.6 Å². The number of carbonyl (C=O) groups excluding carboxylic acids is 1. The van der Waals surface area contributed by atoms with Crippen molar-refractivity contribution in [2.45, 2.75) is 19.8 Å². The first-order valence-corrected chi connectivity index (χ1v) is 3.65. The number of carbonyl (C=O) groups is 1. The molecule has 3 nitrogen and oxygen atoms in total. The third-order valence-electron chi connectivity index (χ3n) is 1.28. The van der Waals surface area contributed by atoms with E-state index in [2.05, 4.69) is 0 Å². The molecule has 72 valence electrons. The summed E-state index contributed by atoms with van der Waals surface area (Å²) in [5.74, 6) is -3.98. The van der Waals surface area contributed by atoms with E-state index in [1.807, 2.05) is 5.32 Å². The van der Waals surface area contributed by atoms with Gasteiger partial charge in [-0.15, -0.1) is 0 Å². The molecule has 2 N–H and O–H groups in total. The number of alkyl halides is 2. The summed E-state index contributed by atoms with van der Waals surface area (Å²) in [5, 5.41) is 10.2. The topological polar surface area (TPSA) is 49.3 Å². The van der Waals surface area contributed by atoms with Crippen LogP contribution in [0.1, 0.15) is 13.8 Å². The first-order valence-electron chi connectivity index (χ1n) is 3.65. The minimum atomic E-state index is -3.22. The maximum atomic E-state index is 12.3. The third-order valence-corrected chi connectivity index (χ3v) is 1.28. The minimum Gasteiger partial charge on any atom is -0.390 e. The van der Waals surface area contributed by atoms with Crippen LogP contribution in [0.2, 0.25) is 0 Å². The van der Waals surface area contributed by atoms with Crippen molar-refractivity contribution in [2.24, 2.45) is 5.92 Å². The standard InChI is InChI=1S/C7H13F2NO2/c1-5(2)6(12)10-3-7(8,9)4-11/h5,11H,3-4H2,1-2H3,(H,10,12). The van der Waals surface area contributed by atoms with Crippen LogP contribution in [0.3, 0.4) is 0 Å². The second-order valence-electron chi connectivity index (χ2n) is 2.89. The van der Waals surface area contributed by atoms with E-state index in [-0.39, 0.29) is 5.92 Å². The molecule has 0 rings (SSSR count). The Morgan fingerprint density at radius 2 is 2.08 bits per heavy atom. The molecule has 0 aromatic rings. The number of hydrogen-bond acceptors (Lipinski definition) is 2. The number of aliphatic hydroxyl groups excluding tert-OH is 1. The van der Waals surface area contributed by atoms with Crippen LogP contribution in [-0.4, -0.2) is 30.1 Å². The fourth-order valence-corrected chi connectivity index (χ4v) is 0.476. The maximum Gasteiger partial charge on any atom is 0.287 e. The molecule has 5 heteroatoms. The Kier molecular flexibility index (Phi) is 4.09. The molecule has 1 amide bonds. The van der Waals surface area contributed by atoms with E-state index < -0.39 is 25.0 Å². The van der Waals surface area contributed by atoms with Gasteiger partial charge in [-0.3, -0.25) is 4.79 Å². The number of amides is 1. The Hall–Kier alpha value is -0.710. The quantitative estimate of drug-likeness (QED) is 0.659. The summed E-state index contributed by atoms with van der Waals surface area (Å²) in [6.07, 6.45) is 0. The van der Waals surface area contributed by atoms with Gasteiger partial charge < -0.3 is 10.4 Å². The van der Waals surface area contributed by atoms with Gasteiger partial charge in [0.2, 0.25) is 5.91 Å². The van der Waals surface area contributed by atoms with Gasteiger partial charge in [-0.1, -0.05) is 13.8 Å². The summed E-state index contributed by atoms with van der Waals surface area (Å²) in [6, 6.07) is 0. The molecule has 0 aliphatic rings. The summed E-state index contributed by atoms with van der Waals surface area (Å²) in [5.41, 5.74) is 0. The van der Waals surface area contributed by atoms with Crippen LogP contribution in [0.15, 0.2) is 0 Å². The van der Waals surface area contributed by atoms with E-state index in [0.29, 0.717) is 0 Å². The Morgan fingerprint density at radius 1 is 1.58 bits per heavy atom. The highest BCUT2D eigenvalue weighted by molar-refractivity contribution is 5.77. The Morgan fingerprint density at radius 3 is 2.42 bits per heavy atom. The van der Waals surface area contributed by atoms with Crippen molar-refractivity contribution < 1.29 is 18.7 Å². The fraction of sp³-hybridized carbons (Fsp3) is 0.857. The molecule has 0 aromatic heterocycles. The highest BCUT2D eigenvalue weighted by Gasteiger charge is 2.28. The van der Waals surface area contributed by atoms with Gasteiger partial charge in [0.1, 0.15) is 6.61 Å². The van der Waals surface area contributed by atoms with Crippen LogP contribution >= 0.6 is 0 Å². The van der Waals surface area contributed by atoms with Gasteiger partial charge in [0.25, 0.3) is 5.92 Å². The van der Waals surface area contributed by atoms with E-state index in [1.54, 1.807) is 13.8 Å². The summed E-state index contributed by atoms with van der Waals surface area (Å²) in [4.78, 5) is 10.8. The smallest absolute Gasteiger partial charge is 0.287 e.